The van der Waals surface area contributed by atoms with E-state index in [-0.39, 0.29) is 23.3 Å². The zero-order chi connectivity index (χ0) is 19.4. The molecule has 0 atom stereocenters. The Hall–Kier alpha value is -1.38. The fourth-order valence-electron chi connectivity index (χ4n) is 3.50. The molecule has 1 aliphatic rings. The first-order valence-corrected chi connectivity index (χ1v) is 11.2. The number of methoxy groups -OCH3 is 1. The number of fused-ring (bicyclic) bond motifs is 1. The monoisotopic (exact) mass is 409 g/mol. The van der Waals surface area contributed by atoms with Gasteiger partial charge < -0.3 is 10.1 Å². The zero-order valence-electron chi connectivity index (χ0n) is 16.2. The summed E-state index contributed by atoms with van der Waals surface area (Å²) < 4.78 is 6.85. The van der Waals surface area contributed by atoms with E-state index in [4.69, 9.17) is 9.72 Å². The van der Waals surface area contributed by atoms with Crippen molar-refractivity contribution < 1.29 is 9.53 Å². The van der Waals surface area contributed by atoms with Crippen LogP contribution in [0.5, 0.6) is 0 Å². The van der Waals surface area contributed by atoms with E-state index in [2.05, 4.69) is 5.32 Å². The van der Waals surface area contributed by atoms with Crippen LogP contribution >= 0.6 is 23.1 Å². The zero-order valence-corrected chi connectivity index (χ0v) is 17.8. The lowest BCUT2D eigenvalue weighted by Crippen LogP contribution is -2.29. The normalized spacial score (nSPS) is 14.9. The van der Waals surface area contributed by atoms with Crippen LogP contribution in [0, 0.1) is 13.8 Å². The van der Waals surface area contributed by atoms with Crippen LogP contribution in [0.15, 0.2) is 9.95 Å². The highest BCUT2D eigenvalue weighted by atomic mass is 32.2. The third-order valence-electron chi connectivity index (χ3n) is 5.07. The summed E-state index contributed by atoms with van der Waals surface area (Å²) in [7, 11) is 1.65. The van der Waals surface area contributed by atoms with E-state index in [1.54, 1.807) is 18.4 Å². The fraction of sp³-hybridized carbons (Fsp3) is 0.632. The average Bonchev–Trinajstić information content (AvgIpc) is 3.26. The number of aromatic nitrogens is 2. The highest BCUT2D eigenvalue weighted by molar-refractivity contribution is 7.99. The van der Waals surface area contributed by atoms with Gasteiger partial charge in [-0.25, -0.2) is 4.98 Å². The van der Waals surface area contributed by atoms with Gasteiger partial charge in [0.25, 0.3) is 5.56 Å². The molecule has 0 saturated heterocycles. The largest absolute Gasteiger partial charge is 0.385 e. The second-order valence-electron chi connectivity index (χ2n) is 6.96. The van der Waals surface area contributed by atoms with Crippen LogP contribution < -0.4 is 10.9 Å². The number of thiophene rings is 1. The van der Waals surface area contributed by atoms with Crippen LogP contribution in [0.2, 0.25) is 0 Å². The topological polar surface area (TPSA) is 73.2 Å². The summed E-state index contributed by atoms with van der Waals surface area (Å²) in [6.45, 7) is 5.25. The van der Waals surface area contributed by atoms with Crippen molar-refractivity contribution in [1.29, 1.82) is 0 Å². The minimum atomic E-state index is -0.0399. The van der Waals surface area contributed by atoms with E-state index < -0.39 is 0 Å². The number of nitrogens with zero attached hydrogens (tertiary/aromatic N) is 2. The van der Waals surface area contributed by atoms with Crippen molar-refractivity contribution in [3.8, 4) is 0 Å². The molecule has 1 amide bonds. The molecule has 0 aromatic carbocycles. The van der Waals surface area contributed by atoms with E-state index in [1.807, 2.05) is 18.4 Å². The maximum atomic E-state index is 13.3. The highest BCUT2D eigenvalue weighted by Gasteiger charge is 2.25. The van der Waals surface area contributed by atoms with E-state index in [0.29, 0.717) is 18.3 Å². The van der Waals surface area contributed by atoms with Crippen molar-refractivity contribution in [3.63, 3.8) is 0 Å². The van der Waals surface area contributed by atoms with Gasteiger partial charge in [-0.3, -0.25) is 14.2 Å². The maximum Gasteiger partial charge on any atom is 0.263 e. The molecule has 0 unspecified atom stereocenters. The fourth-order valence-corrected chi connectivity index (χ4v) is 5.47. The molecule has 0 bridgehead atoms. The number of hydrogen-bond acceptors (Lipinski definition) is 6. The minimum absolute atomic E-state index is 0.0399. The van der Waals surface area contributed by atoms with E-state index in [9.17, 15) is 9.59 Å². The van der Waals surface area contributed by atoms with Crippen LogP contribution in [-0.4, -0.2) is 41.5 Å². The quantitative estimate of drug-likeness (QED) is 0.411. The molecule has 2 aromatic heterocycles. The summed E-state index contributed by atoms with van der Waals surface area (Å²) in [4.78, 5) is 32.1. The van der Waals surface area contributed by atoms with Gasteiger partial charge >= 0.3 is 0 Å². The Morgan fingerprint density at radius 1 is 1.37 bits per heavy atom. The predicted octanol–water partition coefficient (Wildman–Crippen LogP) is 3.43. The van der Waals surface area contributed by atoms with E-state index in [0.717, 1.165) is 52.8 Å². The van der Waals surface area contributed by atoms with Crippen LogP contribution in [-0.2, 0) is 9.53 Å². The first-order valence-electron chi connectivity index (χ1n) is 9.43. The van der Waals surface area contributed by atoms with Crippen molar-refractivity contribution in [2.75, 3.05) is 26.0 Å². The predicted molar refractivity (Wildman–Crippen MR) is 111 cm³/mol. The molecule has 6 nitrogen and oxygen atoms in total. The summed E-state index contributed by atoms with van der Waals surface area (Å²) in [5.74, 6) is 0.225. The Morgan fingerprint density at radius 3 is 2.81 bits per heavy atom. The van der Waals surface area contributed by atoms with Crippen molar-refractivity contribution in [2.24, 2.45) is 0 Å². The molecule has 0 aliphatic heterocycles. The van der Waals surface area contributed by atoms with Gasteiger partial charge in [-0.1, -0.05) is 24.6 Å². The summed E-state index contributed by atoms with van der Waals surface area (Å²) in [5.41, 5.74) is 1.09. The van der Waals surface area contributed by atoms with Crippen LogP contribution in [0.3, 0.4) is 0 Å². The van der Waals surface area contributed by atoms with Gasteiger partial charge in [0.05, 0.1) is 11.1 Å². The number of aryl methyl sites for hydroxylation is 2. The summed E-state index contributed by atoms with van der Waals surface area (Å²) in [5, 5.41) is 4.31. The molecular formula is C19H27N3O3S2. The van der Waals surface area contributed by atoms with Gasteiger partial charge in [0.1, 0.15) is 4.83 Å². The van der Waals surface area contributed by atoms with Gasteiger partial charge in [0, 0.05) is 31.2 Å². The second kappa shape index (κ2) is 9.21. The number of thioether (sulfide) groups is 1. The molecule has 2 aromatic rings. The lowest BCUT2D eigenvalue weighted by Gasteiger charge is -2.18. The van der Waals surface area contributed by atoms with Crippen LogP contribution in [0.4, 0.5) is 0 Å². The Morgan fingerprint density at radius 2 is 2.11 bits per heavy atom. The average molecular weight is 410 g/mol. The van der Waals surface area contributed by atoms with Crippen LogP contribution in [0.25, 0.3) is 10.2 Å². The van der Waals surface area contributed by atoms with Crippen molar-refractivity contribution >= 4 is 39.2 Å². The molecular weight excluding hydrogens is 382 g/mol. The number of amides is 1. The third kappa shape index (κ3) is 4.55. The first-order chi connectivity index (χ1) is 13.0. The molecule has 0 radical (unpaired) electrons. The molecule has 1 N–H and O–H groups in total. The summed E-state index contributed by atoms with van der Waals surface area (Å²) >= 11 is 2.92. The highest BCUT2D eigenvalue weighted by Crippen LogP contribution is 2.34. The van der Waals surface area contributed by atoms with Crippen molar-refractivity contribution in [2.45, 2.75) is 57.1 Å². The SMILES string of the molecule is COCCCNC(=O)CSc1nc2sc(C)c(C)c2c(=O)n1C1CCCC1. The van der Waals surface area contributed by atoms with Gasteiger partial charge in [-0.2, -0.15) is 0 Å². The smallest absolute Gasteiger partial charge is 0.263 e. The van der Waals surface area contributed by atoms with Gasteiger partial charge in [0.15, 0.2) is 5.16 Å². The molecule has 2 heterocycles. The Kier molecular flexibility index (Phi) is 6.94. The van der Waals surface area contributed by atoms with Gasteiger partial charge in [-0.15, -0.1) is 11.3 Å². The number of ether oxygens (including phenoxy) is 1. The van der Waals surface area contributed by atoms with Gasteiger partial charge in [0.2, 0.25) is 5.91 Å². The molecule has 1 aliphatic carbocycles. The number of carbonyl (C=O) groups excluding carboxylic acids is 1. The molecule has 27 heavy (non-hydrogen) atoms. The second-order valence-corrected chi connectivity index (χ2v) is 9.10. The third-order valence-corrected chi connectivity index (χ3v) is 7.13. The summed E-state index contributed by atoms with van der Waals surface area (Å²) in [6, 6.07) is 0.196. The summed E-state index contributed by atoms with van der Waals surface area (Å²) in [6.07, 6.45) is 5.08. The minimum Gasteiger partial charge on any atom is -0.385 e. The lowest BCUT2D eigenvalue weighted by molar-refractivity contribution is -0.118. The molecule has 3 rings (SSSR count). The number of carbonyl (C=O) groups is 1. The Labute approximate surface area is 167 Å². The van der Waals surface area contributed by atoms with E-state index >= 15 is 0 Å². The van der Waals surface area contributed by atoms with Crippen LogP contribution in [0.1, 0.15) is 48.6 Å². The first kappa shape index (κ1) is 20.4. The van der Waals surface area contributed by atoms with E-state index in [1.165, 1.54) is 11.8 Å². The number of nitrogens with one attached hydrogen (secondary N) is 1. The van der Waals surface area contributed by atoms with Crippen molar-refractivity contribution in [3.05, 3.63) is 20.8 Å². The van der Waals surface area contributed by atoms with Crippen molar-refractivity contribution in [1.82, 2.24) is 14.9 Å². The maximum absolute atomic E-state index is 13.3. The lowest BCUT2D eigenvalue weighted by atomic mass is 10.2. The Bertz CT molecular complexity index is 869. The Balaban J connectivity index is 1.84. The molecule has 1 fully saturated rings. The number of hydrogen-bond donors (Lipinski definition) is 1. The molecule has 8 heteroatoms. The standard InChI is InChI=1S/C19H27N3O3S2/c1-12-13(2)27-17-16(12)18(24)22(14-7-4-5-8-14)19(21-17)26-11-15(23)20-9-6-10-25-3/h14H,4-11H2,1-3H3,(H,20,23). The number of rotatable bonds is 8. The molecule has 148 valence electrons. The molecule has 1 saturated carbocycles. The molecule has 0 spiro atoms. The van der Waals surface area contributed by atoms with Gasteiger partial charge in [-0.05, 0) is 38.7 Å².